The molecule has 19 heavy (non-hydrogen) atoms. The number of rotatable bonds is 5. The highest BCUT2D eigenvalue weighted by atomic mass is 16.5. The molecular formula is C16H13NO2. The van der Waals surface area contributed by atoms with Gasteiger partial charge in [0, 0.05) is 11.8 Å². The Bertz CT molecular complexity index is 668. The number of para-hydroxylation sites is 1. The van der Waals surface area contributed by atoms with Crippen LogP contribution < -0.4 is 4.74 Å². The Morgan fingerprint density at radius 1 is 1.42 bits per heavy atom. The lowest BCUT2D eigenvalue weighted by Crippen LogP contribution is -2.04. The van der Waals surface area contributed by atoms with E-state index in [2.05, 4.69) is 17.5 Å². The fourth-order valence-corrected chi connectivity index (χ4v) is 1.93. The molecule has 1 heterocycles. The van der Waals surface area contributed by atoms with E-state index in [0.29, 0.717) is 23.4 Å². The molecule has 0 aliphatic rings. The van der Waals surface area contributed by atoms with Crippen molar-refractivity contribution in [1.29, 1.82) is 0 Å². The zero-order valence-corrected chi connectivity index (χ0v) is 10.4. The summed E-state index contributed by atoms with van der Waals surface area (Å²) in [6.45, 7) is 3.79. The Morgan fingerprint density at radius 3 is 2.89 bits per heavy atom. The molecule has 0 saturated carbocycles. The molecule has 0 saturated heterocycles. The number of ether oxygens (including phenoxy) is 1. The lowest BCUT2D eigenvalue weighted by Gasteiger charge is -2.12. The average molecular weight is 251 g/mol. The monoisotopic (exact) mass is 251 g/mol. The van der Waals surface area contributed by atoms with Gasteiger partial charge in [-0.3, -0.25) is 9.78 Å². The highest BCUT2D eigenvalue weighted by Gasteiger charge is 2.14. The van der Waals surface area contributed by atoms with E-state index in [9.17, 15) is 4.79 Å². The molecule has 0 bridgehead atoms. The molecule has 0 N–H and O–H groups in total. The molecule has 2 rings (SSSR count). The zero-order chi connectivity index (χ0) is 13.7. The molecule has 3 heteroatoms. The lowest BCUT2D eigenvalue weighted by atomic mass is 10.1. The van der Waals surface area contributed by atoms with Gasteiger partial charge < -0.3 is 4.74 Å². The first-order chi connectivity index (χ1) is 9.31. The Balaban J connectivity index is 2.72. The number of allylic oxidation sites excluding steroid dienone is 1. The lowest BCUT2D eigenvalue weighted by molar-refractivity contribution is 0.111. The van der Waals surface area contributed by atoms with Crippen molar-refractivity contribution in [1.82, 2.24) is 4.98 Å². The van der Waals surface area contributed by atoms with Crippen molar-refractivity contribution in [2.24, 2.45) is 0 Å². The smallest absolute Gasteiger partial charge is 0.155 e. The first kappa shape index (κ1) is 12.8. The molecule has 0 aliphatic heterocycles. The second kappa shape index (κ2) is 5.83. The highest BCUT2D eigenvalue weighted by Crippen LogP contribution is 2.30. The number of pyridine rings is 1. The largest absolute Gasteiger partial charge is 0.479 e. The quantitative estimate of drug-likeness (QED) is 0.466. The third-order valence-corrected chi connectivity index (χ3v) is 2.71. The predicted octanol–water partition coefficient (Wildman–Crippen LogP) is 2.79. The third kappa shape index (κ3) is 2.48. The van der Waals surface area contributed by atoms with Gasteiger partial charge in [-0.2, -0.15) is 0 Å². The predicted molar refractivity (Wildman–Crippen MR) is 75.4 cm³/mol. The SMILES string of the molecule is C#CCOc1c(C=O)c(CC=C)nc2ccccc12. The van der Waals surface area contributed by atoms with E-state index in [0.717, 1.165) is 17.2 Å². The van der Waals surface area contributed by atoms with Crippen LogP contribution >= 0.6 is 0 Å². The van der Waals surface area contributed by atoms with Crippen LogP contribution in [-0.4, -0.2) is 17.9 Å². The topological polar surface area (TPSA) is 39.2 Å². The van der Waals surface area contributed by atoms with Crippen molar-refractivity contribution < 1.29 is 9.53 Å². The number of benzene rings is 1. The summed E-state index contributed by atoms with van der Waals surface area (Å²) < 4.78 is 5.54. The normalized spacial score (nSPS) is 9.84. The Kier molecular flexibility index (Phi) is 3.94. The second-order valence-corrected chi connectivity index (χ2v) is 3.92. The van der Waals surface area contributed by atoms with Crippen molar-refractivity contribution in [3.8, 4) is 18.1 Å². The van der Waals surface area contributed by atoms with Gasteiger partial charge in [0.25, 0.3) is 0 Å². The van der Waals surface area contributed by atoms with Crippen LogP contribution in [0.4, 0.5) is 0 Å². The Labute approximate surface area is 111 Å². The molecule has 0 fully saturated rings. The summed E-state index contributed by atoms with van der Waals surface area (Å²) in [5.74, 6) is 2.90. The minimum atomic E-state index is 0.113. The molecule has 94 valence electrons. The molecule has 0 aliphatic carbocycles. The van der Waals surface area contributed by atoms with Gasteiger partial charge in [-0.1, -0.05) is 24.1 Å². The van der Waals surface area contributed by atoms with Crippen LogP contribution in [0, 0.1) is 12.3 Å². The minimum absolute atomic E-state index is 0.113. The van der Waals surface area contributed by atoms with Gasteiger partial charge in [0.1, 0.15) is 12.4 Å². The molecule has 2 aromatic rings. The minimum Gasteiger partial charge on any atom is -0.479 e. The van der Waals surface area contributed by atoms with E-state index >= 15 is 0 Å². The maximum Gasteiger partial charge on any atom is 0.155 e. The molecule has 3 nitrogen and oxygen atoms in total. The number of nitrogens with zero attached hydrogens (tertiary/aromatic N) is 1. The number of terminal acetylenes is 1. The van der Waals surface area contributed by atoms with Gasteiger partial charge in [-0.05, 0) is 12.1 Å². The van der Waals surface area contributed by atoms with Gasteiger partial charge in [0.15, 0.2) is 6.29 Å². The van der Waals surface area contributed by atoms with Gasteiger partial charge in [-0.15, -0.1) is 13.0 Å². The van der Waals surface area contributed by atoms with E-state index in [1.54, 1.807) is 6.08 Å². The van der Waals surface area contributed by atoms with Crippen LogP contribution in [0.2, 0.25) is 0 Å². The first-order valence-electron chi connectivity index (χ1n) is 5.85. The second-order valence-electron chi connectivity index (χ2n) is 3.92. The molecule has 1 aromatic carbocycles. The van der Waals surface area contributed by atoms with E-state index in [4.69, 9.17) is 11.2 Å². The summed E-state index contributed by atoms with van der Waals surface area (Å²) in [5, 5.41) is 0.785. The van der Waals surface area contributed by atoms with Crippen molar-refractivity contribution in [2.45, 2.75) is 6.42 Å². The van der Waals surface area contributed by atoms with Crippen molar-refractivity contribution in [3.05, 3.63) is 48.2 Å². The van der Waals surface area contributed by atoms with Gasteiger partial charge in [0.05, 0.1) is 16.8 Å². The number of fused-ring (bicyclic) bond motifs is 1. The van der Waals surface area contributed by atoms with E-state index in [-0.39, 0.29) is 6.61 Å². The van der Waals surface area contributed by atoms with Crippen LogP contribution in [-0.2, 0) is 6.42 Å². The Hall–Kier alpha value is -2.60. The van der Waals surface area contributed by atoms with Gasteiger partial charge in [-0.25, -0.2) is 0 Å². The van der Waals surface area contributed by atoms with Crippen LogP contribution in [0.3, 0.4) is 0 Å². The molecule has 0 amide bonds. The fraction of sp³-hybridized carbons (Fsp3) is 0.125. The summed E-state index contributed by atoms with van der Waals surface area (Å²) in [7, 11) is 0. The molecular weight excluding hydrogens is 238 g/mol. The Morgan fingerprint density at radius 2 is 2.21 bits per heavy atom. The summed E-state index contributed by atoms with van der Waals surface area (Å²) in [4.78, 5) is 15.8. The third-order valence-electron chi connectivity index (χ3n) is 2.71. The van der Waals surface area contributed by atoms with Crippen molar-refractivity contribution >= 4 is 17.2 Å². The zero-order valence-electron chi connectivity index (χ0n) is 10.4. The number of aldehydes is 1. The summed E-state index contributed by atoms with van der Waals surface area (Å²) >= 11 is 0. The number of aromatic nitrogens is 1. The number of hydrogen-bond acceptors (Lipinski definition) is 3. The summed E-state index contributed by atoms with van der Waals surface area (Å²) in [6, 6.07) is 7.49. The maximum absolute atomic E-state index is 11.3. The van der Waals surface area contributed by atoms with Gasteiger partial charge in [0.2, 0.25) is 0 Å². The van der Waals surface area contributed by atoms with Crippen LogP contribution in [0.1, 0.15) is 16.1 Å². The summed E-state index contributed by atoms with van der Waals surface area (Å²) in [6.07, 6.45) is 8.18. The standard InChI is InChI=1S/C16H13NO2/c1-3-7-14-13(11-18)16(19-10-4-2)12-8-5-6-9-15(12)17-14/h2-3,5-6,8-9,11H,1,7,10H2. The fourth-order valence-electron chi connectivity index (χ4n) is 1.93. The van der Waals surface area contributed by atoms with E-state index < -0.39 is 0 Å². The summed E-state index contributed by atoms with van der Waals surface area (Å²) in [5.41, 5.74) is 1.86. The average Bonchev–Trinajstić information content (AvgIpc) is 2.44. The number of carbonyl (C=O) groups is 1. The van der Waals surface area contributed by atoms with Crippen molar-refractivity contribution in [3.63, 3.8) is 0 Å². The van der Waals surface area contributed by atoms with Gasteiger partial charge >= 0.3 is 0 Å². The van der Waals surface area contributed by atoms with Crippen molar-refractivity contribution in [2.75, 3.05) is 6.61 Å². The molecule has 1 aromatic heterocycles. The van der Waals surface area contributed by atoms with Crippen LogP contribution in [0.25, 0.3) is 10.9 Å². The van der Waals surface area contributed by atoms with Crippen LogP contribution in [0.5, 0.6) is 5.75 Å². The maximum atomic E-state index is 11.3. The molecule has 0 unspecified atom stereocenters. The van der Waals surface area contributed by atoms with E-state index in [1.807, 2.05) is 24.3 Å². The van der Waals surface area contributed by atoms with Crippen LogP contribution in [0.15, 0.2) is 36.9 Å². The number of hydrogen-bond donors (Lipinski definition) is 0. The molecule has 0 atom stereocenters. The van der Waals surface area contributed by atoms with E-state index in [1.165, 1.54) is 0 Å². The molecule has 0 spiro atoms. The highest BCUT2D eigenvalue weighted by molar-refractivity contribution is 5.95. The number of carbonyl (C=O) groups excluding carboxylic acids is 1. The molecule has 0 radical (unpaired) electrons. The first-order valence-corrected chi connectivity index (χ1v) is 5.85.